The first-order chi connectivity index (χ1) is 26.6. The number of carboxylic acid groups (broad SMARTS) is 1. The van der Waals surface area contributed by atoms with Gasteiger partial charge in [-0.1, -0.05) is 53.2 Å². The van der Waals surface area contributed by atoms with E-state index in [4.69, 9.17) is 18.9 Å². The molecular formula is C42H68O15. The summed E-state index contributed by atoms with van der Waals surface area (Å²) >= 11 is 0. The number of fused-ring (bicyclic) bond motifs is 7. The highest BCUT2D eigenvalue weighted by Gasteiger charge is 2.71. The fraction of sp³-hybridized carbons (Fsp3) is 0.929. The van der Waals surface area contributed by atoms with E-state index < -0.39 is 109 Å². The van der Waals surface area contributed by atoms with Crippen LogP contribution < -0.4 is 0 Å². The third kappa shape index (κ3) is 6.43. The van der Waals surface area contributed by atoms with E-state index in [2.05, 4.69) is 40.7 Å². The number of aliphatic hydroxyl groups is 9. The monoisotopic (exact) mass is 812 g/mol. The lowest BCUT2D eigenvalue weighted by molar-refractivity contribution is -0.374. The number of aliphatic carboxylic acids is 1. The van der Waals surface area contributed by atoms with Gasteiger partial charge < -0.3 is 70.0 Å². The highest BCUT2D eigenvalue weighted by Crippen LogP contribution is 2.76. The van der Waals surface area contributed by atoms with Crippen molar-refractivity contribution in [1.29, 1.82) is 0 Å². The zero-order valence-corrected chi connectivity index (χ0v) is 34.2. The molecule has 0 aromatic carbocycles. The number of carboxylic acids is 1. The maximum absolute atomic E-state index is 13.1. The van der Waals surface area contributed by atoms with Crippen LogP contribution in [0.5, 0.6) is 0 Å². The van der Waals surface area contributed by atoms with Gasteiger partial charge >= 0.3 is 5.97 Å². The molecule has 20 atom stereocenters. The van der Waals surface area contributed by atoms with Gasteiger partial charge in [0.05, 0.1) is 37.4 Å². The summed E-state index contributed by atoms with van der Waals surface area (Å²) in [6.45, 7) is 11.5. The van der Waals surface area contributed by atoms with Crippen molar-refractivity contribution in [1.82, 2.24) is 0 Å². The first kappa shape index (κ1) is 43.8. The van der Waals surface area contributed by atoms with Crippen LogP contribution in [0.4, 0.5) is 0 Å². The summed E-state index contributed by atoms with van der Waals surface area (Å²) in [5.74, 6) is -0.765. The van der Waals surface area contributed by atoms with Crippen molar-refractivity contribution in [3.05, 3.63) is 11.6 Å². The lowest BCUT2D eigenvalue weighted by atomic mass is 9.33. The van der Waals surface area contributed by atoms with Gasteiger partial charge in [-0.05, 0) is 97.2 Å². The Morgan fingerprint density at radius 3 is 1.98 bits per heavy atom. The van der Waals surface area contributed by atoms with E-state index in [1.54, 1.807) is 0 Å². The minimum absolute atomic E-state index is 0.0383. The SMILES string of the molecule is CC1(C)CCC2(C(=O)O)CCC3(C)C(=CCC4C5(C)CC(O)C(OC6OC(CO)C(OC7OC(CO)C(O)C(O)C7O)C(O)C6O)C(C)(CO)C5CCC43C)C2C1. The molecule has 4 saturated carbocycles. The lowest BCUT2D eigenvalue weighted by Gasteiger charge is -2.71. The van der Waals surface area contributed by atoms with Gasteiger partial charge in [-0.2, -0.15) is 0 Å². The molecule has 57 heavy (non-hydrogen) atoms. The molecule has 7 rings (SSSR count). The number of carbonyl (C=O) groups is 1. The van der Waals surface area contributed by atoms with E-state index in [9.17, 15) is 55.9 Å². The van der Waals surface area contributed by atoms with Crippen molar-refractivity contribution in [3.63, 3.8) is 0 Å². The smallest absolute Gasteiger partial charge is 0.310 e. The molecule has 20 unspecified atom stereocenters. The van der Waals surface area contributed by atoms with Crippen molar-refractivity contribution < 1.29 is 74.8 Å². The minimum Gasteiger partial charge on any atom is -0.481 e. The van der Waals surface area contributed by atoms with Gasteiger partial charge in [0, 0.05) is 5.41 Å². The summed E-state index contributed by atoms with van der Waals surface area (Å²) in [4.78, 5) is 13.1. The molecule has 6 fully saturated rings. The Kier molecular flexibility index (Phi) is 11.5. The van der Waals surface area contributed by atoms with Gasteiger partial charge in [0.15, 0.2) is 12.6 Å². The third-order valence-corrected chi connectivity index (χ3v) is 17.4. The third-order valence-electron chi connectivity index (χ3n) is 17.4. The van der Waals surface area contributed by atoms with E-state index in [0.717, 1.165) is 32.1 Å². The Hall–Kier alpha value is -1.31. The quantitative estimate of drug-likeness (QED) is 0.120. The normalized spacial score (nSPS) is 54.7. The zero-order chi connectivity index (χ0) is 41.8. The molecule has 326 valence electrons. The Labute approximate surface area is 335 Å². The largest absolute Gasteiger partial charge is 0.481 e. The predicted molar refractivity (Wildman–Crippen MR) is 201 cm³/mol. The lowest BCUT2D eigenvalue weighted by Crippen LogP contribution is -2.70. The summed E-state index contributed by atoms with van der Waals surface area (Å²) < 4.78 is 23.5. The van der Waals surface area contributed by atoms with Gasteiger partial charge in [-0.25, -0.2) is 0 Å². The van der Waals surface area contributed by atoms with Crippen molar-refractivity contribution in [2.45, 2.75) is 173 Å². The molecular weight excluding hydrogens is 744 g/mol. The topological polar surface area (TPSA) is 256 Å². The molecule has 2 heterocycles. The standard InChI is InChI=1S/C42H68O15/c1-37(2)11-13-42(36(52)53)14-12-40(5)20(21(42)15-37)7-8-26-38(3)16-22(46)33(39(4,19-45)25(38)9-10-41(26,40)6)57-35-31(51)29(49)32(24(18-44)55-35)56-34-30(50)28(48)27(47)23(17-43)54-34/h7,21-35,43-51H,8-19H2,1-6H3,(H,52,53). The minimum atomic E-state index is -1.81. The van der Waals surface area contributed by atoms with Gasteiger partial charge in [-0.3, -0.25) is 4.79 Å². The Bertz CT molecular complexity index is 1540. The summed E-state index contributed by atoms with van der Waals surface area (Å²) in [7, 11) is 0. The molecule has 0 spiro atoms. The molecule has 15 nitrogen and oxygen atoms in total. The first-order valence-corrected chi connectivity index (χ1v) is 21.1. The Morgan fingerprint density at radius 1 is 0.737 bits per heavy atom. The molecule has 5 aliphatic carbocycles. The van der Waals surface area contributed by atoms with Gasteiger partial charge in [0.25, 0.3) is 0 Å². The van der Waals surface area contributed by atoms with Crippen LogP contribution in [0.25, 0.3) is 0 Å². The van der Waals surface area contributed by atoms with E-state index in [0.29, 0.717) is 25.7 Å². The average molecular weight is 813 g/mol. The van der Waals surface area contributed by atoms with Crippen LogP contribution in [-0.2, 0) is 23.7 Å². The summed E-state index contributed by atoms with van der Waals surface area (Å²) in [5, 5.41) is 108. The number of rotatable bonds is 8. The second-order valence-corrected chi connectivity index (χ2v) is 20.7. The Balaban J connectivity index is 1.13. The zero-order valence-electron chi connectivity index (χ0n) is 34.2. The van der Waals surface area contributed by atoms with E-state index in [1.807, 2.05) is 6.92 Å². The number of ether oxygens (including phenoxy) is 4. The molecule has 0 radical (unpaired) electrons. The van der Waals surface area contributed by atoms with Crippen LogP contribution in [0, 0.1) is 50.2 Å². The molecule has 10 N–H and O–H groups in total. The second-order valence-electron chi connectivity index (χ2n) is 20.7. The number of allylic oxidation sites excluding steroid dienone is 2. The Morgan fingerprint density at radius 2 is 1.35 bits per heavy atom. The van der Waals surface area contributed by atoms with Crippen molar-refractivity contribution in [3.8, 4) is 0 Å². The predicted octanol–water partition coefficient (Wildman–Crippen LogP) is 0.825. The molecule has 2 aliphatic heterocycles. The molecule has 2 saturated heterocycles. The fourth-order valence-corrected chi connectivity index (χ4v) is 13.8. The molecule has 0 aromatic heterocycles. The maximum Gasteiger partial charge on any atom is 0.310 e. The van der Waals surface area contributed by atoms with Crippen LogP contribution in [0.3, 0.4) is 0 Å². The van der Waals surface area contributed by atoms with Crippen LogP contribution in [-0.4, -0.2) is 150 Å². The van der Waals surface area contributed by atoms with Crippen LogP contribution >= 0.6 is 0 Å². The second kappa shape index (κ2) is 14.9. The van der Waals surface area contributed by atoms with Gasteiger partial charge in [0.2, 0.25) is 0 Å². The highest BCUT2D eigenvalue weighted by molar-refractivity contribution is 5.76. The molecule has 0 amide bonds. The molecule has 0 aromatic rings. The molecule has 7 aliphatic rings. The van der Waals surface area contributed by atoms with Crippen molar-refractivity contribution >= 4 is 5.97 Å². The fourth-order valence-electron chi connectivity index (χ4n) is 13.8. The van der Waals surface area contributed by atoms with Crippen LogP contribution in [0.1, 0.15) is 99.3 Å². The summed E-state index contributed by atoms with van der Waals surface area (Å²) in [6, 6.07) is 0. The number of aliphatic hydroxyl groups excluding tert-OH is 9. The van der Waals surface area contributed by atoms with Crippen molar-refractivity contribution in [2.24, 2.45) is 50.2 Å². The van der Waals surface area contributed by atoms with E-state index in [-0.39, 0.29) is 40.6 Å². The van der Waals surface area contributed by atoms with E-state index in [1.165, 1.54) is 5.57 Å². The van der Waals surface area contributed by atoms with Gasteiger partial charge in [0.1, 0.15) is 48.8 Å². The van der Waals surface area contributed by atoms with Crippen molar-refractivity contribution in [2.75, 3.05) is 19.8 Å². The van der Waals surface area contributed by atoms with E-state index >= 15 is 0 Å². The molecule has 15 heteroatoms. The summed E-state index contributed by atoms with van der Waals surface area (Å²) in [5.41, 5.74) is -1.40. The van der Waals surface area contributed by atoms with Crippen LogP contribution in [0.2, 0.25) is 0 Å². The summed E-state index contributed by atoms with van der Waals surface area (Å²) in [6.07, 6.45) is -9.67. The highest BCUT2D eigenvalue weighted by atomic mass is 16.7. The van der Waals surface area contributed by atoms with Crippen LogP contribution in [0.15, 0.2) is 11.6 Å². The van der Waals surface area contributed by atoms with Gasteiger partial charge in [-0.15, -0.1) is 0 Å². The maximum atomic E-state index is 13.1. The number of hydrogen-bond acceptors (Lipinski definition) is 14. The molecule has 0 bridgehead atoms. The first-order valence-electron chi connectivity index (χ1n) is 21.1. The number of hydrogen-bond donors (Lipinski definition) is 10. The average Bonchev–Trinajstić information content (AvgIpc) is 3.15.